The lowest BCUT2D eigenvalue weighted by atomic mass is 10.0. The van der Waals surface area contributed by atoms with Gasteiger partial charge < -0.3 is 10.6 Å². The summed E-state index contributed by atoms with van der Waals surface area (Å²) in [5.74, 6) is -0.687. The first-order valence-electron chi connectivity index (χ1n) is 9.36. The zero-order chi connectivity index (χ0) is 20.7. The fourth-order valence-corrected chi connectivity index (χ4v) is 3.55. The lowest BCUT2D eigenvalue weighted by Gasteiger charge is -2.11. The van der Waals surface area contributed by atoms with Crippen LogP contribution >= 0.6 is 0 Å². The summed E-state index contributed by atoms with van der Waals surface area (Å²) in [4.78, 5) is 25.0. The molecule has 2 N–H and O–H groups in total. The van der Waals surface area contributed by atoms with Crippen LogP contribution in [0.5, 0.6) is 0 Å². The highest BCUT2D eigenvalue weighted by molar-refractivity contribution is 6.04. The Morgan fingerprint density at radius 3 is 2.52 bits per heavy atom. The number of carbonyl (C=O) groups excluding carboxylic acids is 2. The maximum absolute atomic E-state index is 14.0. The van der Waals surface area contributed by atoms with E-state index in [1.165, 1.54) is 12.1 Å². The predicted molar refractivity (Wildman–Crippen MR) is 109 cm³/mol. The fourth-order valence-electron chi connectivity index (χ4n) is 3.55. The Morgan fingerprint density at radius 1 is 1.14 bits per heavy atom. The summed E-state index contributed by atoms with van der Waals surface area (Å²) in [6, 6.07) is 11.7. The van der Waals surface area contributed by atoms with Gasteiger partial charge in [-0.15, -0.1) is 0 Å². The number of fused-ring (bicyclic) bond motifs is 1. The third-order valence-corrected chi connectivity index (χ3v) is 5.04. The lowest BCUT2D eigenvalue weighted by molar-refractivity contribution is -0.123. The van der Waals surface area contributed by atoms with Crippen molar-refractivity contribution in [3.8, 4) is 11.1 Å². The molecule has 4 rings (SSSR count). The molecule has 6 nitrogen and oxygen atoms in total. The number of anilines is 2. The first-order valence-corrected chi connectivity index (χ1v) is 9.36. The van der Waals surface area contributed by atoms with Gasteiger partial charge >= 0.3 is 0 Å². The molecule has 0 aliphatic carbocycles. The highest BCUT2D eigenvalue weighted by Crippen LogP contribution is 2.38. The molecule has 2 heterocycles. The van der Waals surface area contributed by atoms with E-state index in [1.807, 2.05) is 38.1 Å². The van der Waals surface area contributed by atoms with Gasteiger partial charge in [-0.2, -0.15) is 5.10 Å². The molecule has 1 atom stereocenters. The summed E-state index contributed by atoms with van der Waals surface area (Å²) in [7, 11) is 0. The molecule has 0 fully saturated rings. The van der Waals surface area contributed by atoms with Gasteiger partial charge in [-0.25, -0.2) is 9.07 Å². The molecule has 1 aliphatic heterocycles. The van der Waals surface area contributed by atoms with Gasteiger partial charge in [0.1, 0.15) is 17.7 Å². The number of hydrogen-bond acceptors (Lipinski definition) is 3. The van der Waals surface area contributed by atoms with Crippen molar-refractivity contribution in [2.24, 2.45) is 0 Å². The molecule has 1 aromatic heterocycles. The monoisotopic (exact) mass is 392 g/mol. The molecule has 2 aromatic carbocycles. The van der Waals surface area contributed by atoms with Crippen molar-refractivity contribution in [1.29, 1.82) is 0 Å². The largest absolute Gasteiger partial charge is 0.324 e. The van der Waals surface area contributed by atoms with E-state index in [4.69, 9.17) is 0 Å². The molecule has 29 heavy (non-hydrogen) atoms. The summed E-state index contributed by atoms with van der Waals surface area (Å²) in [5.41, 5.74) is 4.54. The van der Waals surface area contributed by atoms with Crippen LogP contribution in [0.3, 0.4) is 0 Å². The third kappa shape index (κ3) is 3.51. The Kier molecular flexibility index (Phi) is 4.66. The van der Waals surface area contributed by atoms with Gasteiger partial charge in [0.25, 0.3) is 5.91 Å². The number of hydrogen-bond donors (Lipinski definition) is 2. The second kappa shape index (κ2) is 7.16. The first-order chi connectivity index (χ1) is 13.8. The highest BCUT2D eigenvalue weighted by atomic mass is 19.1. The number of aryl methyl sites for hydroxylation is 3. The van der Waals surface area contributed by atoms with Crippen molar-refractivity contribution >= 4 is 23.3 Å². The Balaban J connectivity index is 1.58. The summed E-state index contributed by atoms with van der Waals surface area (Å²) >= 11 is 0. The number of amides is 2. The van der Waals surface area contributed by atoms with Crippen LogP contribution in [0.4, 0.5) is 15.9 Å². The number of benzene rings is 2. The lowest BCUT2D eigenvalue weighted by Crippen LogP contribution is -2.24. The Labute approximate surface area is 167 Å². The molecule has 2 amide bonds. The fraction of sp³-hybridized carbons (Fsp3) is 0.227. The van der Waals surface area contributed by atoms with Gasteiger partial charge in [-0.05, 0) is 44.0 Å². The quantitative estimate of drug-likeness (QED) is 0.701. The third-order valence-electron chi connectivity index (χ3n) is 5.04. The minimum Gasteiger partial charge on any atom is -0.324 e. The minimum absolute atomic E-state index is 0.0937. The Hall–Kier alpha value is -3.48. The van der Waals surface area contributed by atoms with Crippen LogP contribution in [-0.4, -0.2) is 21.6 Å². The molecule has 148 valence electrons. The second-order valence-corrected chi connectivity index (χ2v) is 7.36. The average molecular weight is 392 g/mol. The van der Waals surface area contributed by atoms with Crippen molar-refractivity contribution in [2.45, 2.75) is 33.2 Å². The minimum atomic E-state index is -0.781. The van der Waals surface area contributed by atoms with E-state index in [0.717, 1.165) is 27.9 Å². The van der Waals surface area contributed by atoms with Gasteiger partial charge in [0, 0.05) is 5.56 Å². The SMILES string of the molecule is Cc1ccc(-c2c(C)nn3c2NC(=O)C3CC(=O)Nc2ccc(C)cc2F)cc1. The molecular weight excluding hydrogens is 371 g/mol. The van der Waals surface area contributed by atoms with E-state index in [9.17, 15) is 14.0 Å². The molecule has 0 saturated heterocycles. The molecule has 1 unspecified atom stereocenters. The van der Waals surface area contributed by atoms with Crippen molar-refractivity contribution in [3.05, 3.63) is 65.1 Å². The van der Waals surface area contributed by atoms with Crippen molar-refractivity contribution < 1.29 is 14.0 Å². The van der Waals surface area contributed by atoms with Crippen LogP contribution in [0.1, 0.15) is 29.3 Å². The molecule has 0 radical (unpaired) electrons. The van der Waals surface area contributed by atoms with Gasteiger partial charge in [0.05, 0.1) is 17.8 Å². The standard InChI is InChI=1S/C22H21FN4O2/c1-12-4-7-15(8-5-12)20-14(3)26-27-18(22(29)25-21(20)27)11-19(28)24-17-9-6-13(2)10-16(17)23/h4-10,18H,11H2,1-3H3,(H,24,28)(H,25,29). The zero-order valence-corrected chi connectivity index (χ0v) is 16.4. The van der Waals surface area contributed by atoms with Crippen LogP contribution in [0.25, 0.3) is 11.1 Å². The van der Waals surface area contributed by atoms with Crippen LogP contribution < -0.4 is 10.6 Å². The molecular formula is C22H21FN4O2. The van der Waals surface area contributed by atoms with Crippen LogP contribution in [-0.2, 0) is 9.59 Å². The number of nitrogens with one attached hydrogen (secondary N) is 2. The summed E-state index contributed by atoms with van der Waals surface area (Å²) < 4.78 is 15.6. The summed E-state index contributed by atoms with van der Waals surface area (Å²) in [6.07, 6.45) is -0.138. The molecule has 1 aliphatic rings. The van der Waals surface area contributed by atoms with Gasteiger partial charge in [-0.1, -0.05) is 35.9 Å². The number of carbonyl (C=O) groups is 2. The second-order valence-electron chi connectivity index (χ2n) is 7.36. The van der Waals surface area contributed by atoms with E-state index in [-0.39, 0.29) is 18.0 Å². The Bertz CT molecular complexity index is 1120. The number of halogens is 1. The molecule has 0 saturated carbocycles. The van der Waals surface area contributed by atoms with Gasteiger partial charge in [-0.3, -0.25) is 9.59 Å². The number of rotatable bonds is 4. The van der Waals surface area contributed by atoms with E-state index >= 15 is 0 Å². The maximum Gasteiger partial charge on any atom is 0.251 e. The number of nitrogens with zero attached hydrogens (tertiary/aromatic N) is 2. The highest BCUT2D eigenvalue weighted by Gasteiger charge is 2.36. The molecule has 3 aromatic rings. The normalized spacial score (nSPS) is 15.2. The molecule has 0 bridgehead atoms. The van der Waals surface area contributed by atoms with Crippen molar-refractivity contribution in [2.75, 3.05) is 10.6 Å². The van der Waals surface area contributed by atoms with E-state index in [1.54, 1.807) is 17.7 Å². The topological polar surface area (TPSA) is 76.0 Å². The Morgan fingerprint density at radius 2 is 1.83 bits per heavy atom. The first kappa shape index (κ1) is 18.9. The number of aromatic nitrogens is 2. The van der Waals surface area contributed by atoms with E-state index in [0.29, 0.717) is 5.82 Å². The van der Waals surface area contributed by atoms with E-state index in [2.05, 4.69) is 15.7 Å². The van der Waals surface area contributed by atoms with Crippen LogP contribution in [0.2, 0.25) is 0 Å². The van der Waals surface area contributed by atoms with Crippen LogP contribution in [0, 0.1) is 26.6 Å². The van der Waals surface area contributed by atoms with E-state index < -0.39 is 17.8 Å². The van der Waals surface area contributed by atoms with Crippen LogP contribution in [0.15, 0.2) is 42.5 Å². The van der Waals surface area contributed by atoms with Crippen molar-refractivity contribution in [3.63, 3.8) is 0 Å². The maximum atomic E-state index is 14.0. The summed E-state index contributed by atoms with van der Waals surface area (Å²) in [6.45, 7) is 5.64. The molecule has 7 heteroatoms. The summed E-state index contributed by atoms with van der Waals surface area (Å²) in [5, 5.41) is 9.88. The average Bonchev–Trinajstić information content (AvgIpc) is 3.13. The smallest absolute Gasteiger partial charge is 0.251 e. The zero-order valence-electron chi connectivity index (χ0n) is 16.4. The molecule has 0 spiro atoms. The van der Waals surface area contributed by atoms with Gasteiger partial charge in [0.2, 0.25) is 5.91 Å². The predicted octanol–water partition coefficient (Wildman–Crippen LogP) is 4.14. The van der Waals surface area contributed by atoms with Gasteiger partial charge in [0.15, 0.2) is 0 Å². The van der Waals surface area contributed by atoms with Crippen molar-refractivity contribution in [1.82, 2.24) is 9.78 Å².